The van der Waals surface area contributed by atoms with Crippen molar-refractivity contribution in [2.24, 2.45) is 0 Å². The molecule has 2 N–H and O–H groups in total. The van der Waals surface area contributed by atoms with E-state index in [1.54, 1.807) is 55.5 Å². The third kappa shape index (κ3) is 5.05. The van der Waals surface area contributed by atoms with Gasteiger partial charge in [0.05, 0.1) is 12.2 Å². The van der Waals surface area contributed by atoms with E-state index in [1.165, 1.54) is 0 Å². The Morgan fingerprint density at radius 3 is 2.50 bits per heavy atom. The molecular formula is C27H26N4O5. The van der Waals surface area contributed by atoms with Gasteiger partial charge in [0.25, 0.3) is 5.91 Å². The number of aryl methyl sites for hydroxylation is 1. The van der Waals surface area contributed by atoms with Crippen molar-refractivity contribution in [2.45, 2.75) is 20.8 Å². The average molecular weight is 487 g/mol. The van der Waals surface area contributed by atoms with Crippen molar-refractivity contribution in [3.63, 3.8) is 0 Å². The van der Waals surface area contributed by atoms with Crippen LogP contribution in [0.2, 0.25) is 0 Å². The summed E-state index contributed by atoms with van der Waals surface area (Å²) < 4.78 is 7.04. The third-order valence-electron chi connectivity index (χ3n) is 5.71. The minimum Gasteiger partial charge on any atom is -0.462 e. The number of rotatable bonds is 7. The number of hydrogen-bond donors (Lipinski definition) is 2. The van der Waals surface area contributed by atoms with Crippen LogP contribution in [0.15, 0.2) is 66.4 Å². The van der Waals surface area contributed by atoms with Gasteiger partial charge in [-0.3, -0.25) is 9.59 Å². The van der Waals surface area contributed by atoms with Gasteiger partial charge >= 0.3 is 12.0 Å². The van der Waals surface area contributed by atoms with Crippen LogP contribution >= 0.6 is 0 Å². The maximum Gasteiger partial charge on any atom is 0.338 e. The van der Waals surface area contributed by atoms with Gasteiger partial charge < -0.3 is 19.9 Å². The number of benzene rings is 2. The molecule has 0 spiro atoms. The Kier molecular flexibility index (Phi) is 7.00. The number of aromatic nitrogens is 1. The first kappa shape index (κ1) is 24.5. The molecule has 0 radical (unpaired) electrons. The van der Waals surface area contributed by atoms with Crippen LogP contribution in [0.3, 0.4) is 0 Å². The zero-order valence-electron chi connectivity index (χ0n) is 20.2. The smallest absolute Gasteiger partial charge is 0.338 e. The summed E-state index contributed by atoms with van der Waals surface area (Å²) in [5, 5.41) is 5.22. The van der Waals surface area contributed by atoms with Crippen LogP contribution in [-0.4, -0.2) is 46.4 Å². The summed E-state index contributed by atoms with van der Waals surface area (Å²) in [6.45, 7) is 5.41. The van der Waals surface area contributed by atoms with Gasteiger partial charge in [0, 0.05) is 22.8 Å². The predicted octanol–water partition coefficient (Wildman–Crippen LogP) is 3.80. The number of carbonyl (C=O) groups excluding carboxylic acids is 4. The lowest BCUT2D eigenvalue weighted by Gasteiger charge is -2.12. The van der Waals surface area contributed by atoms with E-state index in [2.05, 4.69) is 10.6 Å². The Morgan fingerprint density at radius 2 is 1.78 bits per heavy atom. The number of esters is 1. The SMILES string of the molecule is CCOC(=O)c1cccc(-n2c(C)cc(/C=C3\NC(=O)N(CC(=O)Nc4ccccc4)C3=O)c2C)c1. The Labute approximate surface area is 208 Å². The van der Waals surface area contributed by atoms with Crippen molar-refractivity contribution in [3.05, 3.63) is 88.9 Å². The molecule has 0 saturated carbocycles. The number of carbonyl (C=O) groups is 4. The standard InChI is InChI=1S/C27H26N4O5/c1-4-36-26(34)19-9-8-12-22(14-19)31-17(2)13-20(18(31)3)15-23-25(33)30(27(35)29-23)16-24(32)28-21-10-6-5-7-11-21/h5-15H,4,16H2,1-3H3,(H,28,32)(H,29,35)/b23-15-. The zero-order chi connectivity index (χ0) is 25.8. The molecule has 0 bridgehead atoms. The third-order valence-corrected chi connectivity index (χ3v) is 5.71. The lowest BCUT2D eigenvalue weighted by atomic mass is 10.2. The first-order valence-corrected chi connectivity index (χ1v) is 11.4. The highest BCUT2D eigenvalue weighted by Crippen LogP contribution is 2.25. The molecule has 9 heteroatoms. The van der Waals surface area contributed by atoms with E-state index in [9.17, 15) is 19.2 Å². The minimum absolute atomic E-state index is 0.0769. The highest BCUT2D eigenvalue weighted by molar-refractivity contribution is 6.16. The summed E-state index contributed by atoms with van der Waals surface area (Å²) in [5.74, 6) is -1.47. The number of urea groups is 1. The molecule has 0 unspecified atom stereocenters. The second-order valence-corrected chi connectivity index (χ2v) is 8.23. The number of ether oxygens (including phenoxy) is 1. The number of hydrogen-bond acceptors (Lipinski definition) is 5. The van der Waals surface area contributed by atoms with Gasteiger partial charge in [-0.1, -0.05) is 24.3 Å². The van der Waals surface area contributed by atoms with E-state index in [0.29, 0.717) is 16.8 Å². The summed E-state index contributed by atoms with van der Waals surface area (Å²) in [6.07, 6.45) is 1.59. The van der Waals surface area contributed by atoms with Crippen LogP contribution in [0.1, 0.15) is 34.2 Å². The van der Waals surface area contributed by atoms with Gasteiger partial charge in [0.15, 0.2) is 0 Å². The van der Waals surface area contributed by atoms with E-state index in [1.807, 2.05) is 36.6 Å². The molecular weight excluding hydrogens is 460 g/mol. The molecule has 4 amide bonds. The summed E-state index contributed by atoms with van der Waals surface area (Å²) >= 11 is 0. The molecule has 2 heterocycles. The van der Waals surface area contributed by atoms with Crippen molar-refractivity contribution in [1.82, 2.24) is 14.8 Å². The predicted molar refractivity (Wildman–Crippen MR) is 134 cm³/mol. The number of amides is 4. The van der Waals surface area contributed by atoms with Gasteiger partial charge in [0.2, 0.25) is 5.91 Å². The Bertz CT molecular complexity index is 1370. The topological polar surface area (TPSA) is 110 Å². The monoisotopic (exact) mass is 486 g/mol. The number of anilines is 1. The summed E-state index contributed by atoms with van der Waals surface area (Å²) in [4.78, 5) is 50.7. The van der Waals surface area contributed by atoms with Crippen LogP contribution in [0.5, 0.6) is 0 Å². The summed E-state index contributed by atoms with van der Waals surface area (Å²) in [7, 11) is 0. The average Bonchev–Trinajstić information content (AvgIpc) is 3.28. The van der Waals surface area contributed by atoms with E-state index in [4.69, 9.17) is 4.74 Å². The largest absolute Gasteiger partial charge is 0.462 e. The maximum atomic E-state index is 12.9. The molecule has 36 heavy (non-hydrogen) atoms. The summed E-state index contributed by atoms with van der Waals surface area (Å²) in [5.41, 5.74) is 4.25. The Hall–Kier alpha value is -4.66. The molecule has 1 saturated heterocycles. The molecule has 1 aromatic heterocycles. The van der Waals surface area contributed by atoms with E-state index >= 15 is 0 Å². The van der Waals surface area contributed by atoms with Gasteiger partial charge in [-0.2, -0.15) is 0 Å². The van der Waals surface area contributed by atoms with Gasteiger partial charge in [-0.25, -0.2) is 14.5 Å². The van der Waals surface area contributed by atoms with Gasteiger partial charge in [-0.15, -0.1) is 0 Å². The van der Waals surface area contributed by atoms with Crippen LogP contribution in [0, 0.1) is 13.8 Å². The fraction of sp³-hybridized carbons (Fsp3) is 0.185. The Morgan fingerprint density at radius 1 is 1.03 bits per heavy atom. The summed E-state index contributed by atoms with van der Waals surface area (Å²) in [6, 6.07) is 17.1. The molecule has 0 atom stereocenters. The number of para-hydroxylation sites is 1. The van der Waals surface area contributed by atoms with Crippen molar-refractivity contribution < 1.29 is 23.9 Å². The van der Waals surface area contributed by atoms with Gasteiger partial charge in [0.1, 0.15) is 12.2 Å². The lowest BCUT2D eigenvalue weighted by molar-refractivity contribution is -0.127. The van der Waals surface area contributed by atoms with Crippen LogP contribution in [-0.2, 0) is 14.3 Å². The normalized spacial score (nSPS) is 14.2. The van der Waals surface area contributed by atoms with E-state index in [-0.39, 0.29) is 12.3 Å². The molecule has 184 valence electrons. The van der Waals surface area contributed by atoms with Crippen LogP contribution in [0.25, 0.3) is 11.8 Å². The lowest BCUT2D eigenvalue weighted by Crippen LogP contribution is -2.38. The fourth-order valence-electron chi connectivity index (χ4n) is 4.05. The highest BCUT2D eigenvalue weighted by atomic mass is 16.5. The van der Waals surface area contributed by atoms with Gasteiger partial charge in [-0.05, 0) is 68.8 Å². The van der Waals surface area contributed by atoms with Crippen molar-refractivity contribution >= 4 is 35.6 Å². The fourth-order valence-corrected chi connectivity index (χ4v) is 4.05. The molecule has 4 rings (SSSR count). The highest BCUT2D eigenvalue weighted by Gasteiger charge is 2.35. The maximum absolute atomic E-state index is 12.9. The number of imide groups is 1. The second-order valence-electron chi connectivity index (χ2n) is 8.23. The number of nitrogens with one attached hydrogen (secondary N) is 2. The minimum atomic E-state index is -0.662. The van der Waals surface area contributed by atoms with E-state index < -0.39 is 30.4 Å². The van der Waals surface area contributed by atoms with E-state index in [0.717, 1.165) is 22.0 Å². The molecule has 0 aliphatic carbocycles. The Balaban J connectivity index is 1.55. The molecule has 3 aromatic rings. The first-order chi connectivity index (χ1) is 17.3. The van der Waals surface area contributed by atoms with Crippen molar-refractivity contribution in [2.75, 3.05) is 18.5 Å². The molecule has 2 aromatic carbocycles. The van der Waals surface area contributed by atoms with Crippen molar-refractivity contribution in [1.29, 1.82) is 0 Å². The first-order valence-electron chi connectivity index (χ1n) is 11.4. The van der Waals surface area contributed by atoms with Crippen LogP contribution < -0.4 is 10.6 Å². The molecule has 9 nitrogen and oxygen atoms in total. The second kappa shape index (κ2) is 10.3. The molecule has 1 aliphatic heterocycles. The molecule has 1 fully saturated rings. The molecule has 1 aliphatic rings. The number of nitrogens with zero attached hydrogens (tertiary/aromatic N) is 2. The quantitative estimate of drug-likeness (QED) is 0.300. The zero-order valence-corrected chi connectivity index (χ0v) is 20.2. The van der Waals surface area contributed by atoms with Crippen LogP contribution in [0.4, 0.5) is 10.5 Å². The van der Waals surface area contributed by atoms with Crippen molar-refractivity contribution in [3.8, 4) is 5.69 Å².